The third-order valence-corrected chi connectivity index (χ3v) is 2.87. The molecule has 0 saturated carbocycles. The number of carbonyl (C=O) groups excluding carboxylic acids is 2. The van der Waals surface area contributed by atoms with Gasteiger partial charge < -0.3 is 14.2 Å². The molecule has 0 amide bonds. The Morgan fingerprint density at radius 2 is 1.68 bits per heavy atom. The summed E-state index contributed by atoms with van der Waals surface area (Å²) in [5, 5.41) is 0. The first-order valence-electron chi connectivity index (χ1n) is 6.67. The van der Waals surface area contributed by atoms with Crippen LogP contribution in [0.3, 0.4) is 0 Å². The highest BCUT2D eigenvalue weighted by Gasteiger charge is 2.12. The van der Waals surface area contributed by atoms with E-state index in [0.29, 0.717) is 17.1 Å². The summed E-state index contributed by atoms with van der Waals surface area (Å²) >= 11 is 0. The van der Waals surface area contributed by atoms with Gasteiger partial charge in [0.2, 0.25) is 0 Å². The van der Waals surface area contributed by atoms with E-state index in [2.05, 4.69) is 0 Å². The highest BCUT2D eigenvalue weighted by Crippen LogP contribution is 2.21. The van der Waals surface area contributed by atoms with Gasteiger partial charge in [-0.15, -0.1) is 0 Å². The molecule has 0 aliphatic heterocycles. The minimum Gasteiger partial charge on any atom is -0.488 e. The molecule has 0 atom stereocenters. The maximum absolute atomic E-state index is 11.6. The molecule has 0 unspecified atom stereocenters. The van der Waals surface area contributed by atoms with Gasteiger partial charge in [0.25, 0.3) is 0 Å². The second-order valence-electron chi connectivity index (χ2n) is 4.51. The number of esters is 2. The van der Waals surface area contributed by atoms with E-state index in [0.717, 1.165) is 5.56 Å². The quantitative estimate of drug-likeness (QED) is 0.627. The van der Waals surface area contributed by atoms with Gasteiger partial charge in [-0.2, -0.15) is 0 Å². The molecule has 22 heavy (non-hydrogen) atoms. The second kappa shape index (κ2) is 7.26. The smallest absolute Gasteiger partial charge is 0.341 e. The number of rotatable bonds is 5. The first kappa shape index (κ1) is 15.6. The summed E-state index contributed by atoms with van der Waals surface area (Å²) in [5.74, 6) is 0.126. The monoisotopic (exact) mass is 300 g/mol. The van der Waals surface area contributed by atoms with E-state index in [9.17, 15) is 9.59 Å². The van der Waals surface area contributed by atoms with E-state index < -0.39 is 5.97 Å². The third-order valence-electron chi connectivity index (χ3n) is 2.87. The van der Waals surface area contributed by atoms with Crippen molar-refractivity contribution in [1.82, 2.24) is 0 Å². The van der Waals surface area contributed by atoms with Crippen molar-refractivity contribution in [3.63, 3.8) is 0 Å². The van der Waals surface area contributed by atoms with Gasteiger partial charge >= 0.3 is 11.9 Å². The lowest BCUT2D eigenvalue weighted by Crippen LogP contribution is -2.06. The molecule has 0 aliphatic rings. The van der Waals surface area contributed by atoms with E-state index >= 15 is 0 Å². The van der Waals surface area contributed by atoms with E-state index in [-0.39, 0.29) is 12.6 Å². The van der Waals surface area contributed by atoms with Crippen LogP contribution in [-0.2, 0) is 16.1 Å². The Morgan fingerprint density at radius 3 is 2.32 bits per heavy atom. The lowest BCUT2D eigenvalue weighted by molar-refractivity contribution is -0.131. The first-order valence-corrected chi connectivity index (χ1v) is 6.67. The standard InChI is InChI=1S/C17H16O5/c1-12(18)22-14-9-7-13(8-10-14)11-21-16-6-4-3-5-15(16)17(19)20-2/h3-10H,11H2,1-2H3. The van der Waals surface area contributed by atoms with Gasteiger partial charge in [0, 0.05) is 6.92 Å². The molecule has 0 spiro atoms. The molecule has 0 bridgehead atoms. The van der Waals surface area contributed by atoms with Crippen LogP contribution < -0.4 is 9.47 Å². The molecule has 5 heteroatoms. The zero-order valence-corrected chi connectivity index (χ0v) is 12.4. The second-order valence-corrected chi connectivity index (χ2v) is 4.51. The van der Waals surface area contributed by atoms with Gasteiger partial charge in [-0.1, -0.05) is 24.3 Å². The molecule has 0 saturated heterocycles. The van der Waals surface area contributed by atoms with Gasteiger partial charge in [0.05, 0.1) is 7.11 Å². The topological polar surface area (TPSA) is 61.8 Å². The highest BCUT2D eigenvalue weighted by molar-refractivity contribution is 5.92. The van der Waals surface area contributed by atoms with Crippen molar-refractivity contribution in [1.29, 1.82) is 0 Å². The summed E-state index contributed by atoms with van der Waals surface area (Å²) in [5.41, 5.74) is 1.26. The van der Waals surface area contributed by atoms with Crippen LogP contribution in [0.15, 0.2) is 48.5 Å². The Labute approximate surface area is 128 Å². The molecule has 0 fully saturated rings. The summed E-state index contributed by atoms with van der Waals surface area (Å²) in [6.07, 6.45) is 0. The minimum atomic E-state index is -0.444. The van der Waals surface area contributed by atoms with Gasteiger partial charge in [0.1, 0.15) is 23.7 Å². The fourth-order valence-electron chi connectivity index (χ4n) is 1.85. The number of carbonyl (C=O) groups is 2. The Bertz CT molecular complexity index is 661. The van der Waals surface area contributed by atoms with Crippen molar-refractivity contribution >= 4 is 11.9 Å². The van der Waals surface area contributed by atoms with Gasteiger partial charge in [-0.3, -0.25) is 4.79 Å². The van der Waals surface area contributed by atoms with Crippen LogP contribution in [0, 0.1) is 0 Å². The Balaban J connectivity index is 2.04. The van der Waals surface area contributed by atoms with Crippen molar-refractivity contribution in [2.45, 2.75) is 13.5 Å². The molecule has 2 aromatic rings. The lowest BCUT2D eigenvalue weighted by Gasteiger charge is -2.10. The maximum atomic E-state index is 11.6. The van der Waals surface area contributed by atoms with Crippen LogP contribution in [0.5, 0.6) is 11.5 Å². The van der Waals surface area contributed by atoms with Crippen molar-refractivity contribution in [2.75, 3.05) is 7.11 Å². The maximum Gasteiger partial charge on any atom is 0.341 e. The number of methoxy groups -OCH3 is 1. The zero-order valence-electron chi connectivity index (χ0n) is 12.4. The van der Waals surface area contributed by atoms with Crippen molar-refractivity contribution in [3.8, 4) is 11.5 Å². The summed E-state index contributed by atoms with van der Waals surface area (Å²) < 4.78 is 15.3. The molecule has 0 aliphatic carbocycles. The summed E-state index contributed by atoms with van der Waals surface area (Å²) in [6, 6.07) is 13.8. The fourth-order valence-corrected chi connectivity index (χ4v) is 1.85. The molecule has 0 radical (unpaired) electrons. The van der Waals surface area contributed by atoms with E-state index in [4.69, 9.17) is 14.2 Å². The first-order chi connectivity index (χ1) is 10.6. The van der Waals surface area contributed by atoms with E-state index in [1.165, 1.54) is 14.0 Å². The molecule has 0 N–H and O–H groups in total. The average molecular weight is 300 g/mol. The fraction of sp³-hybridized carbons (Fsp3) is 0.176. The van der Waals surface area contributed by atoms with Crippen LogP contribution in [0.1, 0.15) is 22.8 Å². The highest BCUT2D eigenvalue weighted by atomic mass is 16.5. The Kier molecular flexibility index (Phi) is 5.14. The molecule has 114 valence electrons. The van der Waals surface area contributed by atoms with Crippen LogP contribution >= 0.6 is 0 Å². The molecule has 2 rings (SSSR count). The molecule has 5 nitrogen and oxygen atoms in total. The van der Waals surface area contributed by atoms with Crippen LogP contribution in [0.2, 0.25) is 0 Å². The third kappa shape index (κ3) is 4.09. The number of benzene rings is 2. The zero-order chi connectivity index (χ0) is 15.9. The molecule has 0 aromatic heterocycles. The summed E-state index contributed by atoms with van der Waals surface area (Å²) in [6.45, 7) is 1.63. The van der Waals surface area contributed by atoms with Gasteiger partial charge in [-0.05, 0) is 29.8 Å². The van der Waals surface area contributed by atoms with Crippen LogP contribution in [0.25, 0.3) is 0 Å². The predicted octanol–water partition coefficient (Wildman–Crippen LogP) is 2.98. The minimum absolute atomic E-state index is 0.286. The van der Waals surface area contributed by atoms with E-state index in [1.54, 1.807) is 48.5 Å². The van der Waals surface area contributed by atoms with E-state index in [1.807, 2.05) is 0 Å². The molecule has 0 heterocycles. The molecule has 2 aromatic carbocycles. The van der Waals surface area contributed by atoms with Crippen molar-refractivity contribution in [3.05, 3.63) is 59.7 Å². The van der Waals surface area contributed by atoms with Crippen molar-refractivity contribution < 1.29 is 23.8 Å². The molecular formula is C17H16O5. The Morgan fingerprint density at radius 1 is 1.00 bits per heavy atom. The van der Waals surface area contributed by atoms with Crippen LogP contribution in [-0.4, -0.2) is 19.0 Å². The number of hydrogen-bond acceptors (Lipinski definition) is 5. The normalized spacial score (nSPS) is 9.91. The van der Waals surface area contributed by atoms with Gasteiger partial charge in [-0.25, -0.2) is 4.79 Å². The summed E-state index contributed by atoms with van der Waals surface area (Å²) in [4.78, 5) is 22.5. The predicted molar refractivity (Wildman–Crippen MR) is 79.9 cm³/mol. The average Bonchev–Trinajstić information content (AvgIpc) is 2.53. The van der Waals surface area contributed by atoms with Crippen LogP contribution in [0.4, 0.5) is 0 Å². The largest absolute Gasteiger partial charge is 0.488 e. The lowest BCUT2D eigenvalue weighted by atomic mass is 10.2. The number of para-hydroxylation sites is 1. The van der Waals surface area contributed by atoms with Gasteiger partial charge in [0.15, 0.2) is 0 Å². The number of hydrogen-bond donors (Lipinski definition) is 0. The summed E-state index contributed by atoms with van der Waals surface area (Å²) in [7, 11) is 1.33. The SMILES string of the molecule is COC(=O)c1ccccc1OCc1ccc(OC(C)=O)cc1. The van der Waals surface area contributed by atoms with Crippen molar-refractivity contribution in [2.24, 2.45) is 0 Å². The Hall–Kier alpha value is -2.82. The molecular weight excluding hydrogens is 284 g/mol. The number of ether oxygens (including phenoxy) is 3.